The summed E-state index contributed by atoms with van der Waals surface area (Å²) in [6.45, 7) is 0. The number of carbonyl (C=O) groups is 2. The molecule has 3 aromatic rings. The van der Waals surface area contributed by atoms with Gasteiger partial charge in [0.25, 0.3) is 0 Å². The van der Waals surface area contributed by atoms with Crippen molar-refractivity contribution in [1.29, 1.82) is 10.5 Å². The van der Waals surface area contributed by atoms with Crippen molar-refractivity contribution in [1.82, 2.24) is 4.98 Å². The van der Waals surface area contributed by atoms with Crippen LogP contribution >= 0.6 is 0 Å². The first-order valence-electron chi connectivity index (χ1n) is 11.1. The first-order chi connectivity index (χ1) is 17.4. The summed E-state index contributed by atoms with van der Waals surface area (Å²) in [6, 6.07) is 22.3. The minimum atomic E-state index is -1.64. The maximum atomic E-state index is 13.7. The van der Waals surface area contributed by atoms with Gasteiger partial charge in [-0.05, 0) is 23.1 Å². The lowest BCUT2D eigenvalue weighted by molar-refractivity contribution is -0.154. The highest BCUT2D eigenvalue weighted by atomic mass is 16.5. The van der Waals surface area contributed by atoms with Crippen LogP contribution in [0, 0.1) is 22.7 Å². The molecule has 178 valence electrons. The van der Waals surface area contributed by atoms with Crippen LogP contribution in [0.2, 0.25) is 0 Å². The molecule has 0 amide bonds. The molecule has 4 rings (SSSR count). The van der Waals surface area contributed by atoms with Crippen LogP contribution in [0.15, 0.2) is 60.7 Å². The molecule has 0 spiro atoms. The summed E-state index contributed by atoms with van der Waals surface area (Å²) in [6.07, 6.45) is -0.445. The highest BCUT2D eigenvalue weighted by Crippen LogP contribution is 2.52. The van der Waals surface area contributed by atoms with E-state index in [4.69, 9.17) is 15.2 Å². The third-order valence-corrected chi connectivity index (χ3v) is 6.38. The van der Waals surface area contributed by atoms with E-state index in [9.17, 15) is 20.1 Å². The zero-order valence-electron chi connectivity index (χ0n) is 19.7. The van der Waals surface area contributed by atoms with E-state index in [0.29, 0.717) is 22.3 Å². The Morgan fingerprint density at radius 3 is 2.11 bits per heavy atom. The Morgan fingerprint density at radius 2 is 1.58 bits per heavy atom. The second-order valence-corrected chi connectivity index (χ2v) is 8.28. The van der Waals surface area contributed by atoms with Gasteiger partial charge in [-0.25, -0.2) is 4.98 Å². The number of nitrogens with two attached hydrogens (primary N) is 1. The monoisotopic (exact) mass is 478 g/mol. The molecular weight excluding hydrogens is 456 g/mol. The van der Waals surface area contributed by atoms with Crippen LogP contribution in [0.1, 0.15) is 35.2 Å². The number of hydrogen-bond acceptors (Lipinski definition) is 8. The van der Waals surface area contributed by atoms with E-state index in [2.05, 4.69) is 17.1 Å². The molecule has 0 aliphatic heterocycles. The van der Waals surface area contributed by atoms with Crippen molar-refractivity contribution in [3.05, 3.63) is 83.0 Å². The van der Waals surface area contributed by atoms with Crippen molar-refractivity contribution in [3.63, 3.8) is 0 Å². The van der Waals surface area contributed by atoms with Crippen LogP contribution in [-0.2, 0) is 24.5 Å². The minimum Gasteiger partial charge on any atom is -0.469 e. The summed E-state index contributed by atoms with van der Waals surface area (Å²) in [5.41, 5.74) is 7.33. The van der Waals surface area contributed by atoms with E-state index < -0.39 is 23.8 Å². The smallest absolute Gasteiger partial charge is 0.317 e. The van der Waals surface area contributed by atoms with Crippen LogP contribution in [0.4, 0.5) is 5.82 Å². The number of methoxy groups -OCH3 is 2. The number of nitrogen functional groups attached to an aromatic ring is 1. The first kappa shape index (κ1) is 24.2. The zero-order valence-corrected chi connectivity index (χ0v) is 19.7. The highest BCUT2D eigenvalue weighted by Gasteiger charge is 2.52. The van der Waals surface area contributed by atoms with Crippen molar-refractivity contribution in [2.24, 2.45) is 0 Å². The van der Waals surface area contributed by atoms with E-state index in [1.807, 2.05) is 36.4 Å². The lowest BCUT2D eigenvalue weighted by Gasteiger charge is -2.38. The largest absolute Gasteiger partial charge is 0.469 e. The van der Waals surface area contributed by atoms with E-state index in [0.717, 1.165) is 0 Å². The van der Waals surface area contributed by atoms with Crippen LogP contribution in [-0.4, -0.2) is 31.1 Å². The molecule has 0 fully saturated rings. The Morgan fingerprint density at radius 1 is 0.972 bits per heavy atom. The molecule has 1 atom stereocenters. The lowest BCUT2D eigenvalue weighted by Crippen LogP contribution is -2.43. The molecule has 0 radical (unpaired) electrons. The molecular formula is C28H22N4O4. The molecule has 8 heteroatoms. The van der Waals surface area contributed by atoms with Crippen LogP contribution < -0.4 is 5.73 Å². The van der Waals surface area contributed by atoms with Crippen molar-refractivity contribution in [3.8, 4) is 23.3 Å². The average molecular weight is 479 g/mol. The maximum Gasteiger partial charge on any atom is 0.317 e. The number of allylic oxidation sites excluding steroid dienone is 2. The van der Waals surface area contributed by atoms with Gasteiger partial charge in [-0.2, -0.15) is 10.5 Å². The second kappa shape index (κ2) is 9.73. The Labute approximate surface area is 208 Å². The fourth-order valence-electron chi connectivity index (χ4n) is 4.80. The van der Waals surface area contributed by atoms with Crippen molar-refractivity contribution in [2.45, 2.75) is 18.3 Å². The SMILES string of the molecule is COC(=O)CC1(C(=O)OC)CC(c2ccccc2)=C(C#N)c2nc(N)c(C#N)c(-c3ccccc3)c21. The number of esters is 2. The number of fused-ring (bicyclic) bond motifs is 1. The third kappa shape index (κ3) is 3.85. The minimum absolute atomic E-state index is 0.0403. The van der Waals surface area contributed by atoms with E-state index in [-0.39, 0.29) is 34.6 Å². The molecule has 0 saturated heterocycles. The number of nitrogens with zero attached hydrogens (tertiary/aromatic N) is 3. The Kier molecular flexibility index (Phi) is 6.54. The number of pyridine rings is 1. The maximum absolute atomic E-state index is 13.7. The van der Waals surface area contributed by atoms with Crippen molar-refractivity contribution < 1.29 is 19.1 Å². The number of aromatic nitrogens is 1. The average Bonchev–Trinajstić information content (AvgIpc) is 2.92. The van der Waals surface area contributed by atoms with Gasteiger partial charge in [0.1, 0.15) is 28.9 Å². The summed E-state index contributed by atoms with van der Waals surface area (Å²) in [4.78, 5) is 30.9. The fourth-order valence-corrected chi connectivity index (χ4v) is 4.80. The molecule has 8 nitrogen and oxygen atoms in total. The number of ether oxygens (including phenoxy) is 2. The molecule has 36 heavy (non-hydrogen) atoms. The standard InChI is InChI=1S/C28H22N4O4/c1-35-22(33)14-28(27(34)36-2)13-19(17-9-5-3-6-10-17)20(15-29)25-24(28)23(18-11-7-4-8-12-18)21(16-30)26(31)32-25/h3-12H,13-14H2,1-2H3,(H2,31,32). The molecule has 1 aliphatic rings. The van der Waals surface area contributed by atoms with Crippen LogP contribution in [0.3, 0.4) is 0 Å². The van der Waals surface area contributed by atoms with Crippen LogP contribution in [0.25, 0.3) is 22.3 Å². The van der Waals surface area contributed by atoms with Crippen molar-refractivity contribution in [2.75, 3.05) is 20.0 Å². The van der Waals surface area contributed by atoms with Gasteiger partial charge in [-0.3, -0.25) is 9.59 Å². The number of hydrogen-bond donors (Lipinski definition) is 1. The number of anilines is 1. The quantitative estimate of drug-likeness (QED) is 0.543. The molecule has 1 aromatic heterocycles. The predicted molar refractivity (Wildman–Crippen MR) is 133 cm³/mol. The Hall–Kier alpha value is -4.95. The summed E-state index contributed by atoms with van der Waals surface area (Å²) < 4.78 is 10.2. The highest BCUT2D eigenvalue weighted by molar-refractivity contribution is 6.07. The summed E-state index contributed by atoms with van der Waals surface area (Å²) in [5, 5.41) is 20.3. The normalized spacial score (nSPS) is 16.3. The summed E-state index contributed by atoms with van der Waals surface area (Å²) >= 11 is 0. The lowest BCUT2D eigenvalue weighted by atomic mass is 9.64. The van der Waals surface area contributed by atoms with Gasteiger partial charge in [0.2, 0.25) is 0 Å². The first-order valence-corrected chi connectivity index (χ1v) is 11.1. The fraction of sp³-hybridized carbons (Fsp3) is 0.179. The third-order valence-electron chi connectivity index (χ3n) is 6.38. The van der Waals surface area contributed by atoms with Gasteiger partial charge >= 0.3 is 11.9 Å². The summed E-state index contributed by atoms with van der Waals surface area (Å²) in [5.74, 6) is -1.46. The van der Waals surface area contributed by atoms with Gasteiger partial charge in [0, 0.05) is 11.1 Å². The molecule has 1 heterocycles. The number of carbonyl (C=O) groups excluding carboxylic acids is 2. The van der Waals surface area contributed by atoms with Gasteiger partial charge in [0.05, 0.1) is 31.9 Å². The zero-order chi connectivity index (χ0) is 25.9. The van der Waals surface area contributed by atoms with Gasteiger partial charge < -0.3 is 15.2 Å². The summed E-state index contributed by atoms with van der Waals surface area (Å²) in [7, 11) is 2.45. The Bertz CT molecular complexity index is 1470. The number of nitriles is 2. The van der Waals surface area contributed by atoms with Crippen molar-refractivity contribution >= 4 is 28.9 Å². The van der Waals surface area contributed by atoms with E-state index in [1.165, 1.54) is 14.2 Å². The number of rotatable bonds is 5. The van der Waals surface area contributed by atoms with Gasteiger partial charge in [-0.1, -0.05) is 60.7 Å². The topological polar surface area (TPSA) is 139 Å². The molecule has 2 N–H and O–H groups in total. The van der Waals surface area contributed by atoms with Gasteiger partial charge in [-0.15, -0.1) is 0 Å². The molecule has 2 aromatic carbocycles. The molecule has 0 bridgehead atoms. The van der Waals surface area contributed by atoms with E-state index in [1.54, 1.807) is 24.3 Å². The molecule has 1 aliphatic carbocycles. The van der Waals surface area contributed by atoms with Crippen LogP contribution in [0.5, 0.6) is 0 Å². The molecule has 0 saturated carbocycles. The number of benzene rings is 2. The Balaban J connectivity index is 2.25. The second-order valence-electron chi connectivity index (χ2n) is 8.28. The van der Waals surface area contributed by atoms with Gasteiger partial charge in [0.15, 0.2) is 0 Å². The molecule has 1 unspecified atom stereocenters. The van der Waals surface area contributed by atoms with E-state index >= 15 is 0 Å². The predicted octanol–water partition coefficient (Wildman–Crippen LogP) is 4.01.